The summed E-state index contributed by atoms with van der Waals surface area (Å²) in [4.78, 5) is 12.4. The maximum Gasteiger partial charge on any atom is 0.220 e. The van der Waals surface area contributed by atoms with E-state index in [1.807, 2.05) is 13.0 Å². The minimum absolute atomic E-state index is 0.224. The molecule has 0 aromatic heterocycles. The van der Waals surface area contributed by atoms with Crippen LogP contribution in [0.2, 0.25) is 0 Å². The molecule has 48 heavy (non-hydrogen) atoms. The minimum atomic E-state index is -1.78. The first kappa shape index (κ1) is 42.6. The van der Waals surface area contributed by atoms with Crippen LogP contribution in [0.15, 0.2) is 24.3 Å². The first-order valence-corrected chi connectivity index (χ1v) is 17.6. The number of carbonyl (C=O) groups excluding carboxylic acids is 1. The largest absolute Gasteiger partial charge is 0.394 e. The number of hydrogen-bond acceptors (Lipinski definition) is 13. The van der Waals surface area contributed by atoms with E-state index in [-0.39, 0.29) is 18.9 Å². The Balaban J connectivity index is 1.91. The molecule has 14 heteroatoms. The Morgan fingerprint density at radius 1 is 0.729 bits per heavy atom. The fraction of sp³-hybridized carbons (Fsp3) is 0.853. The average molecular weight is 692 g/mol. The number of aliphatic hydroxyl groups excluding tert-OH is 8. The van der Waals surface area contributed by atoms with E-state index in [9.17, 15) is 45.6 Å². The van der Waals surface area contributed by atoms with Gasteiger partial charge in [0.15, 0.2) is 12.6 Å². The van der Waals surface area contributed by atoms with E-state index in [4.69, 9.17) is 18.9 Å². The molecule has 280 valence electrons. The summed E-state index contributed by atoms with van der Waals surface area (Å²) in [5.41, 5.74) is 0. The van der Waals surface area contributed by atoms with Crippen LogP contribution < -0.4 is 5.32 Å². The van der Waals surface area contributed by atoms with Gasteiger partial charge >= 0.3 is 0 Å². The Morgan fingerprint density at radius 2 is 1.33 bits per heavy atom. The molecule has 0 aromatic rings. The van der Waals surface area contributed by atoms with Gasteiger partial charge in [-0.2, -0.15) is 0 Å². The molecule has 0 radical (unpaired) electrons. The Labute approximate surface area is 284 Å². The van der Waals surface area contributed by atoms with E-state index in [0.717, 1.165) is 12.8 Å². The number of carbonyl (C=O) groups is 1. The van der Waals surface area contributed by atoms with Crippen molar-refractivity contribution in [2.24, 2.45) is 0 Å². The molecule has 14 nitrogen and oxygen atoms in total. The maximum atomic E-state index is 12.4. The lowest BCUT2D eigenvalue weighted by molar-refractivity contribution is -0.359. The van der Waals surface area contributed by atoms with Crippen molar-refractivity contribution in [3.05, 3.63) is 24.3 Å². The lowest BCUT2D eigenvalue weighted by Gasteiger charge is -2.46. The minimum Gasteiger partial charge on any atom is -0.394 e. The smallest absolute Gasteiger partial charge is 0.220 e. The fourth-order valence-electron chi connectivity index (χ4n) is 5.64. The summed E-state index contributed by atoms with van der Waals surface area (Å²) in [6.45, 7) is 2.32. The molecule has 2 saturated heterocycles. The molecule has 9 N–H and O–H groups in total. The average Bonchev–Trinajstić information content (AvgIpc) is 3.07. The highest BCUT2D eigenvalue weighted by atomic mass is 16.7. The molecular weight excluding hydrogens is 630 g/mol. The van der Waals surface area contributed by atoms with E-state index in [1.165, 1.54) is 44.9 Å². The SMILES string of the molecule is CCCCCCCCC/C=C/CC/C=C/C(O)C(COC1OC(CO)C(OC2OC(CO)C(O)C(O)C2O)C(O)C1O)NC(=O)CCC. The third kappa shape index (κ3) is 14.0. The number of rotatable bonds is 23. The molecule has 0 bridgehead atoms. The number of nitrogens with one attached hydrogen (secondary N) is 1. The van der Waals surface area contributed by atoms with E-state index >= 15 is 0 Å². The van der Waals surface area contributed by atoms with Crippen LogP contribution in [0.25, 0.3) is 0 Å². The highest BCUT2D eigenvalue weighted by Crippen LogP contribution is 2.29. The lowest BCUT2D eigenvalue weighted by atomic mass is 9.97. The zero-order chi connectivity index (χ0) is 35.5. The molecule has 2 aliphatic heterocycles. The number of hydrogen-bond donors (Lipinski definition) is 9. The zero-order valence-corrected chi connectivity index (χ0v) is 28.5. The zero-order valence-electron chi connectivity index (χ0n) is 28.5. The van der Waals surface area contributed by atoms with Gasteiger partial charge < -0.3 is 65.1 Å². The topological polar surface area (TPSA) is 228 Å². The summed E-state index contributed by atoms with van der Waals surface area (Å²) in [5, 5.41) is 85.0. The van der Waals surface area contributed by atoms with Gasteiger partial charge in [0.05, 0.1) is 32.0 Å². The van der Waals surface area contributed by atoms with Crippen molar-refractivity contribution >= 4 is 5.91 Å². The molecule has 12 atom stereocenters. The van der Waals surface area contributed by atoms with E-state index in [0.29, 0.717) is 12.8 Å². The molecule has 0 saturated carbocycles. The molecular formula is C34H61NO13. The normalized spacial score (nSPS) is 32.5. The van der Waals surface area contributed by atoms with Crippen molar-refractivity contribution in [2.45, 2.75) is 164 Å². The molecule has 12 unspecified atom stereocenters. The Bertz CT molecular complexity index is 919. The number of aliphatic hydroxyl groups is 8. The number of amides is 1. The van der Waals surface area contributed by atoms with Crippen LogP contribution in [-0.2, 0) is 23.7 Å². The summed E-state index contributed by atoms with van der Waals surface area (Å²) in [5.74, 6) is -0.307. The lowest BCUT2D eigenvalue weighted by Crippen LogP contribution is -2.65. The van der Waals surface area contributed by atoms with Crippen molar-refractivity contribution in [3.8, 4) is 0 Å². The van der Waals surface area contributed by atoms with Gasteiger partial charge in [0.25, 0.3) is 0 Å². The number of unbranched alkanes of at least 4 members (excludes halogenated alkanes) is 8. The number of allylic oxidation sites excluding steroid dienone is 3. The van der Waals surface area contributed by atoms with Crippen LogP contribution in [0.1, 0.15) is 90.9 Å². The summed E-state index contributed by atoms with van der Waals surface area (Å²) < 4.78 is 22.2. The third-order valence-electron chi connectivity index (χ3n) is 8.61. The summed E-state index contributed by atoms with van der Waals surface area (Å²) in [6, 6.07) is -0.920. The van der Waals surface area contributed by atoms with Gasteiger partial charge in [-0.3, -0.25) is 4.79 Å². The first-order chi connectivity index (χ1) is 23.1. The second kappa shape index (κ2) is 23.8. The molecule has 1 amide bonds. The predicted octanol–water partition coefficient (Wildman–Crippen LogP) is 0.306. The Kier molecular flexibility index (Phi) is 21.1. The molecule has 0 aliphatic carbocycles. The Morgan fingerprint density at radius 3 is 2.00 bits per heavy atom. The van der Waals surface area contributed by atoms with Crippen molar-refractivity contribution in [1.29, 1.82) is 0 Å². The quantitative estimate of drug-likeness (QED) is 0.0520. The standard InChI is InChI=1S/C34H61NO13/c1-3-5-6-7-8-9-10-11-12-13-14-15-16-18-23(38)22(35-26(39)17-4-2)21-45-33-31(44)29(42)32(25(20-37)47-33)48-34-30(43)28(41)27(40)24(19-36)46-34/h12-13,16,18,22-25,27-34,36-38,40-44H,3-11,14-15,17,19-21H2,1-2H3,(H,35,39)/b13-12+,18-16+. The maximum absolute atomic E-state index is 12.4. The highest BCUT2D eigenvalue weighted by molar-refractivity contribution is 5.76. The van der Waals surface area contributed by atoms with E-state index < -0.39 is 86.8 Å². The van der Waals surface area contributed by atoms with Gasteiger partial charge in [-0.05, 0) is 32.1 Å². The van der Waals surface area contributed by atoms with E-state index in [1.54, 1.807) is 6.08 Å². The summed E-state index contributed by atoms with van der Waals surface area (Å²) in [7, 11) is 0. The predicted molar refractivity (Wildman–Crippen MR) is 175 cm³/mol. The van der Waals surface area contributed by atoms with Crippen molar-refractivity contribution in [2.75, 3.05) is 19.8 Å². The van der Waals surface area contributed by atoms with Gasteiger partial charge in [0.1, 0.15) is 48.8 Å². The summed E-state index contributed by atoms with van der Waals surface area (Å²) >= 11 is 0. The van der Waals surface area contributed by atoms with Crippen molar-refractivity contribution < 1.29 is 64.6 Å². The van der Waals surface area contributed by atoms with Gasteiger partial charge in [-0.15, -0.1) is 0 Å². The molecule has 0 aromatic carbocycles. The van der Waals surface area contributed by atoms with Gasteiger partial charge in [-0.25, -0.2) is 0 Å². The third-order valence-corrected chi connectivity index (χ3v) is 8.61. The second-order valence-electron chi connectivity index (χ2n) is 12.6. The van der Waals surface area contributed by atoms with Gasteiger partial charge in [0, 0.05) is 6.42 Å². The van der Waals surface area contributed by atoms with Crippen LogP contribution in [-0.4, -0.2) is 140 Å². The molecule has 2 heterocycles. The molecule has 2 fully saturated rings. The molecule has 2 rings (SSSR count). The fourth-order valence-corrected chi connectivity index (χ4v) is 5.64. The Hall–Kier alpha value is -1.53. The number of ether oxygens (including phenoxy) is 4. The van der Waals surface area contributed by atoms with Crippen LogP contribution in [0.4, 0.5) is 0 Å². The van der Waals surface area contributed by atoms with Crippen molar-refractivity contribution in [3.63, 3.8) is 0 Å². The van der Waals surface area contributed by atoms with Crippen LogP contribution in [0.5, 0.6) is 0 Å². The summed E-state index contributed by atoms with van der Waals surface area (Å²) in [6.07, 6.45) is 2.92. The van der Waals surface area contributed by atoms with Gasteiger partial charge in [0.2, 0.25) is 5.91 Å². The van der Waals surface area contributed by atoms with Crippen LogP contribution in [0.3, 0.4) is 0 Å². The van der Waals surface area contributed by atoms with Crippen molar-refractivity contribution in [1.82, 2.24) is 5.32 Å². The molecule has 0 spiro atoms. The monoisotopic (exact) mass is 691 g/mol. The van der Waals surface area contributed by atoms with Gasteiger partial charge in [-0.1, -0.05) is 76.7 Å². The van der Waals surface area contributed by atoms with Crippen LogP contribution in [0, 0.1) is 0 Å². The van der Waals surface area contributed by atoms with E-state index in [2.05, 4.69) is 24.4 Å². The van der Waals surface area contributed by atoms with Crippen LogP contribution >= 0.6 is 0 Å². The highest BCUT2D eigenvalue weighted by Gasteiger charge is 2.50. The second-order valence-corrected chi connectivity index (χ2v) is 12.6. The first-order valence-electron chi connectivity index (χ1n) is 17.6. The molecule has 2 aliphatic rings.